The van der Waals surface area contributed by atoms with Gasteiger partial charge in [-0.05, 0) is 80.0 Å². The van der Waals surface area contributed by atoms with Gasteiger partial charge >= 0.3 is 0 Å². The van der Waals surface area contributed by atoms with Crippen molar-refractivity contribution in [1.29, 1.82) is 0 Å². The van der Waals surface area contributed by atoms with E-state index in [1.165, 1.54) is 43.4 Å². The van der Waals surface area contributed by atoms with Gasteiger partial charge in [-0.2, -0.15) is 0 Å². The number of aryl methyl sites for hydroxylation is 1. The standard InChI is InChI=1S/C20H25NO2/c22-16-8-9-18-15(14-16)4-1-6-19(18)20-7-2-11-21(20)12-10-17-5-3-13-23-17/h3,5,8-9,13-14,19-20,22H,1-2,4,6-7,10-12H2. The molecule has 0 radical (unpaired) electrons. The number of aromatic hydroxyl groups is 1. The zero-order chi connectivity index (χ0) is 15.6. The second-order valence-corrected chi connectivity index (χ2v) is 6.96. The van der Waals surface area contributed by atoms with Crippen molar-refractivity contribution < 1.29 is 9.52 Å². The molecule has 1 N–H and O–H groups in total. The van der Waals surface area contributed by atoms with Crippen molar-refractivity contribution in [2.75, 3.05) is 13.1 Å². The van der Waals surface area contributed by atoms with E-state index in [9.17, 15) is 5.11 Å². The average Bonchev–Trinajstić information content (AvgIpc) is 3.23. The van der Waals surface area contributed by atoms with Crippen LogP contribution < -0.4 is 0 Å². The fourth-order valence-corrected chi connectivity index (χ4v) is 4.53. The lowest BCUT2D eigenvalue weighted by molar-refractivity contribution is 0.211. The minimum Gasteiger partial charge on any atom is -0.508 e. The predicted molar refractivity (Wildman–Crippen MR) is 90.8 cm³/mol. The number of rotatable bonds is 4. The van der Waals surface area contributed by atoms with Crippen LogP contribution >= 0.6 is 0 Å². The minimum absolute atomic E-state index is 0.408. The second-order valence-electron chi connectivity index (χ2n) is 6.96. The lowest BCUT2D eigenvalue weighted by Crippen LogP contribution is -2.37. The first kappa shape index (κ1) is 14.8. The summed E-state index contributed by atoms with van der Waals surface area (Å²) < 4.78 is 5.49. The summed E-state index contributed by atoms with van der Waals surface area (Å²) >= 11 is 0. The number of hydrogen-bond donors (Lipinski definition) is 1. The Kier molecular flexibility index (Phi) is 4.13. The normalized spacial score (nSPS) is 24.7. The molecule has 0 bridgehead atoms. The zero-order valence-corrected chi connectivity index (χ0v) is 13.6. The zero-order valence-electron chi connectivity index (χ0n) is 13.6. The topological polar surface area (TPSA) is 36.6 Å². The lowest BCUT2D eigenvalue weighted by Gasteiger charge is -2.35. The van der Waals surface area contributed by atoms with Gasteiger partial charge in [0.2, 0.25) is 0 Å². The van der Waals surface area contributed by atoms with E-state index in [-0.39, 0.29) is 0 Å². The van der Waals surface area contributed by atoms with Gasteiger partial charge in [-0.25, -0.2) is 0 Å². The third kappa shape index (κ3) is 3.02. The van der Waals surface area contributed by atoms with Crippen molar-refractivity contribution in [2.24, 2.45) is 0 Å². The fraction of sp³-hybridized carbons (Fsp3) is 0.500. The van der Waals surface area contributed by atoms with Gasteiger partial charge in [0, 0.05) is 19.0 Å². The molecule has 1 aromatic heterocycles. The van der Waals surface area contributed by atoms with Gasteiger partial charge in [0.05, 0.1) is 6.26 Å². The monoisotopic (exact) mass is 311 g/mol. The fourth-order valence-electron chi connectivity index (χ4n) is 4.53. The van der Waals surface area contributed by atoms with Gasteiger partial charge < -0.3 is 9.52 Å². The molecule has 2 aliphatic rings. The molecule has 1 aliphatic heterocycles. The van der Waals surface area contributed by atoms with Gasteiger partial charge in [-0.1, -0.05) is 6.07 Å². The third-order valence-corrected chi connectivity index (χ3v) is 5.59. The molecule has 1 fully saturated rings. The quantitative estimate of drug-likeness (QED) is 0.923. The maximum absolute atomic E-state index is 9.76. The number of hydrogen-bond acceptors (Lipinski definition) is 3. The summed E-state index contributed by atoms with van der Waals surface area (Å²) in [5.41, 5.74) is 2.84. The molecule has 2 atom stereocenters. The van der Waals surface area contributed by atoms with Crippen LogP contribution in [0.15, 0.2) is 41.0 Å². The molecule has 1 aromatic carbocycles. The SMILES string of the molecule is Oc1ccc2c(c1)CCCC2C1CCCN1CCc1ccco1. The van der Waals surface area contributed by atoms with Crippen LogP contribution in [0.4, 0.5) is 0 Å². The van der Waals surface area contributed by atoms with E-state index in [2.05, 4.69) is 17.0 Å². The summed E-state index contributed by atoms with van der Waals surface area (Å²) in [6.45, 7) is 2.29. The van der Waals surface area contributed by atoms with Crippen LogP contribution in [0.3, 0.4) is 0 Å². The number of benzene rings is 1. The number of phenols is 1. The highest BCUT2D eigenvalue weighted by molar-refractivity contribution is 5.39. The van der Waals surface area contributed by atoms with Crippen molar-refractivity contribution in [1.82, 2.24) is 4.90 Å². The van der Waals surface area contributed by atoms with E-state index in [4.69, 9.17) is 4.42 Å². The predicted octanol–water partition coefficient (Wildman–Crippen LogP) is 4.11. The highest BCUT2D eigenvalue weighted by Gasteiger charge is 2.34. The smallest absolute Gasteiger partial charge is 0.115 e. The molecule has 1 saturated heterocycles. The molecule has 2 unspecified atom stereocenters. The number of phenolic OH excluding ortho intramolecular Hbond substituents is 1. The molecule has 0 saturated carbocycles. The van der Waals surface area contributed by atoms with E-state index in [0.29, 0.717) is 17.7 Å². The molecule has 0 spiro atoms. The summed E-state index contributed by atoms with van der Waals surface area (Å²) in [4.78, 5) is 2.66. The summed E-state index contributed by atoms with van der Waals surface area (Å²) in [6.07, 6.45) is 8.98. The van der Waals surface area contributed by atoms with Crippen molar-refractivity contribution in [3.8, 4) is 5.75 Å². The number of fused-ring (bicyclic) bond motifs is 1. The Morgan fingerprint density at radius 2 is 2.13 bits per heavy atom. The van der Waals surface area contributed by atoms with Crippen LogP contribution in [0, 0.1) is 0 Å². The molecule has 2 aromatic rings. The van der Waals surface area contributed by atoms with Crippen LogP contribution in [-0.2, 0) is 12.8 Å². The summed E-state index contributed by atoms with van der Waals surface area (Å²) in [5.74, 6) is 2.12. The van der Waals surface area contributed by atoms with Gasteiger partial charge in [0.25, 0.3) is 0 Å². The maximum atomic E-state index is 9.76. The molecule has 23 heavy (non-hydrogen) atoms. The average molecular weight is 311 g/mol. The van der Waals surface area contributed by atoms with Crippen LogP contribution in [-0.4, -0.2) is 29.1 Å². The van der Waals surface area contributed by atoms with Crippen LogP contribution in [0.1, 0.15) is 48.5 Å². The Hall–Kier alpha value is -1.74. The highest BCUT2D eigenvalue weighted by atomic mass is 16.3. The molecule has 2 heterocycles. The van der Waals surface area contributed by atoms with Crippen LogP contribution in [0.5, 0.6) is 5.75 Å². The van der Waals surface area contributed by atoms with Crippen molar-refractivity contribution >= 4 is 0 Å². The van der Waals surface area contributed by atoms with Crippen LogP contribution in [0.2, 0.25) is 0 Å². The number of nitrogens with zero attached hydrogens (tertiary/aromatic N) is 1. The molecule has 3 nitrogen and oxygen atoms in total. The summed E-state index contributed by atoms with van der Waals surface area (Å²) in [7, 11) is 0. The Bertz CT molecular complexity index is 650. The summed E-state index contributed by atoms with van der Waals surface area (Å²) in [6, 6.07) is 10.7. The van der Waals surface area contributed by atoms with E-state index in [0.717, 1.165) is 25.1 Å². The van der Waals surface area contributed by atoms with Crippen molar-refractivity contribution in [3.05, 3.63) is 53.5 Å². The highest BCUT2D eigenvalue weighted by Crippen LogP contribution is 2.40. The first-order valence-electron chi connectivity index (χ1n) is 8.89. The number of likely N-dealkylation sites (tertiary alicyclic amines) is 1. The first-order chi connectivity index (χ1) is 11.3. The lowest BCUT2D eigenvalue weighted by atomic mass is 9.78. The molecular formula is C20H25NO2. The Morgan fingerprint density at radius 3 is 3.00 bits per heavy atom. The Labute approximate surface area is 137 Å². The third-order valence-electron chi connectivity index (χ3n) is 5.59. The molecule has 0 amide bonds. The van der Waals surface area contributed by atoms with E-state index >= 15 is 0 Å². The minimum atomic E-state index is 0.408. The van der Waals surface area contributed by atoms with Gasteiger partial charge in [0.15, 0.2) is 0 Å². The van der Waals surface area contributed by atoms with Crippen LogP contribution in [0.25, 0.3) is 0 Å². The van der Waals surface area contributed by atoms with Gasteiger partial charge in [0.1, 0.15) is 11.5 Å². The number of furan rings is 1. The first-order valence-corrected chi connectivity index (χ1v) is 8.89. The van der Waals surface area contributed by atoms with E-state index in [1.807, 2.05) is 18.2 Å². The Balaban J connectivity index is 1.51. The molecular weight excluding hydrogens is 286 g/mol. The van der Waals surface area contributed by atoms with Crippen molar-refractivity contribution in [3.63, 3.8) is 0 Å². The van der Waals surface area contributed by atoms with E-state index < -0.39 is 0 Å². The molecule has 3 heteroatoms. The largest absolute Gasteiger partial charge is 0.508 e. The maximum Gasteiger partial charge on any atom is 0.115 e. The molecule has 4 rings (SSSR count). The van der Waals surface area contributed by atoms with Crippen molar-refractivity contribution in [2.45, 2.75) is 50.5 Å². The van der Waals surface area contributed by atoms with E-state index in [1.54, 1.807) is 6.26 Å². The van der Waals surface area contributed by atoms with Gasteiger partial charge in [-0.15, -0.1) is 0 Å². The van der Waals surface area contributed by atoms with Gasteiger partial charge in [-0.3, -0.25) is 4.90 Å². The molecule has 122 valence electrons. The summed E-state index contributed by atoms with van der Waals surface area (Å²) in [5, 5.41) is 9.76. The molecule has 1 aliphatic carbocycles. The second kappa shape index (κ2) is 6.40. The Morgan fingerprint density at radius 1 is 1.17 bits per heavy atom.